The van der Waals surface area contributed by atoms with Crippen LogP contribution in [0, 0.1) is 0 Å². The molecule has 1 rings (SSSR count). The van der Waals surface area contributed by atoms with E-state index < -0.39 is 37.3 Å². The molecule has 0 aromatic carbocycles. The van der Waals surface area contributed by atoms with Gasteiger partial charge >= 0.3 is 0 Å². The summed E-state index contributed by atoms with van der Waals surface area (Å²) >= 11 is 0. The van der Waals surface area contributed by atoms with E-state index in [0.29, 0.717) is 6.61 Å². The number of hydrogen-bond acceptors (Lipinski definition) is 6. The lowest BCUT2D eigenvalue weighted by atomic mass is 9.99. The normalized spacial score (nSPS) is 35.5. The van der Waals surface area contributed by atoms with Gasteiger partial charge in [-0.2, -0.15) is 0 Å². The lowest BCUT2D eigenvalue weighted by Gasteiger charge is -2.39. The molecular weight excluding hydrogens is 252 g/mol. The van der Waals surface area contributed by atoms with Crippen molar-refractivity contribution in [3.63, 3.8) is 0 Å². The van der Waals surface area contributed by atoms with E-state index in [0.717, 1.165) is 19.3 Å². The van der Waals surface area contributed by atoms with Crippen molar-refractivity contribution in [1.82, 2.24) is 0 Å². The van der Waals surface area contributed by atoms with Gasteiger partial charge in [0.2, 0.25) is 0 Å². The van der Waals surface area contributed by atoms with E-state index in [-0.39, 0.29) is 0 Å². The number of rotatable bonds is 8. The van der Waals surface area contributed by atoms with Crippen LogP contribution in [-0.2, 0) is 9.47 Å². The number of ether oxygens (including phenoxy) is 2. The highest BCUT2D eigenvalue weighted by Crippen LogP contribution is 2.22. The zero-order valence-electron chi connectivity index (χ0n) is 11.4. The standard InChI is InChI=1S/C13H26O6/c1-2-3-4-5-6-7-18-13-12(17)11(16)10(15)9(8-14)19-13/h9-17H,2-8H2,1H3/t9?,10-,11?,12-,13+/m1/s1. The van der Waals surface area contributed by atoms with Gasteiger partial charge in [-0.3, -0.25) is 0 Å². The van der Waals surface area contributed by atoms with Crippen LogP contribution in [0.15, 0.2) is 0 Å². The lowest BCUT2D eigenvalue weighted by Crippen LogP contribution is -2.59. The van der Waals surface area contributed by atoms with Crippen molar-refractivity contribution in [3.8, 4) is 0 Å². The first-order valence-electron chi connectivity index (χ1n) is 7.04. The molecule has 0 bridgehead atoms. The Hall–Kier alpha value is -0.240. The summed E-state index contributed by atoms with van der Waals surface area (Å²) in [6.07, 6.45) is -0.471. The van der Waals surface area contributed by atoms with Gasteiger partial charge in [-0.1, -0.05) is 32.6 Å². The minimum Gasteiger partial charge on any atom is -0.394 e. The van der Waals surface area contributed by atoms with Crippen molar-refractivity contribution in [1.29, 1.82) is 0 Å². The highest BCUT2D eigenvalue weighted by atomic mass is 16.7. The van der Waals surface area contributed by atoms with Crippen LogP contribution in [0.4, 0.5) is 0 Å². The molecule has 6 nitrogen and oxygen atoms in total. The molecule has 2 unspecified atom stereocenters. The van der Waals surface area contributed by atoms with Crippen LogP contribution < -0.4 is 0 Å². The molecule has 0 spiro atoms. The van der Waals surface area contributed by atoms with Gasteiger partial charge < -0.3 is 29.9 Å². The fourth-order valence-electron chi connectivity index (χ4n) is 2.11. The summed E-state index contributed by atoms with van der Waals surface area (Å²) in [5.41, 5.74) is 0. The van der Waals surface area contributed by atoms with Gasteiger partial charge in [0.25, 0.3) is 0 Å². The smallest absolute Gasteiger partial charge is 0.186 e. The van der Waals surface area contributed by atoms with Crippen LogP contribution in [0.2, 0.25) is 0 Å². The maximum absolute atomic E-state index is 9.72. The van der Waals surface area contributed by atoms with Gasteiger partial charge in [0, 0.05) is 6.61 Å². The lowest BCUT2D eigenvalue weighted by molar-refractivity contribution is -0.301. The SMILES string of the molecule is CCCCCCCO[C@H]1OC(CO)[C@@H](O)C(O)[C@H]1O. The molecule has 1 fully saturated rings. The van der Waals surface area contributed by atoms with Gasteiger partial charge in [-0.05, 0) is 6.42 Å². The Morgan fingerprint density at radius 2 is 1.63 bits per heavy atom. The molecule has 19 heavy (non-hydrogen) atoms. The van der Waals surface area contributed by atoms with E-state index >= 15 is 0 Å². The average Bonchev–Trinajstić information content (AvgIpc) is 2.42. The quantitative estimate of drug-likeness (QED) is 0.458. The fourth-order valence-corrected chi connectivity index (χ4v) is 2.11. The van der Waals surface area contributed by atoms with Crippen molar-refractivity contribution >= 4 is 0 Å². The average molecular weight is 278 g/mol. The van der Waals surface area contributed by atoms with Crippen molar-refractivity contribution < 1.29 is 29.9 Å². The Kier molecular flexibility index (Phi) is 7.82. The first kappa shape index (κ1) is 16.8. The van der Waals surface area contributed by atoms with Gasteiger partial charge in [-0.25, -0.2) is 0 Å². The van der Waals surface area contributed by atoms with E-state index in [2.05, 4.69) is 6.92 Å². The Bertz CT molecular complexity index is 235. The zero-order chi connectivity index (χ0) is 14.3. The Morgan fingerprint density at radius 1 is 0.947 bits per heavy atom. The van der Waals surface area contributed by atoms with Gasteiger partial charge in [0.05, 0.1) is 6.61 Å². The number of hydrogen-bond donors (Lipinski definition) is 4. The minimum atomic E-state index is -1.36. The second-order valence-electron chi connectivity index (χ2n) is 4.98. The zero-order valence-corrected chi connectivity index (χ0v) is 11.4. The van der Waals surface area contributed by atoms with E-state index in [1.54, 1.807) is 0 Å². The molecule has 114 valence electrons. The Balaban J connectivity index is 2.28. The van der Waals surface area contributed by atoms with Crippen LogP contribution in [0.25, 0.3) is 0 Å². The third kappa shape index (κ3) is 4.98. The number of aliphatic hydroxyl groups is 4. The van der Waals surface area contributed by atoms with Crippen molar-refractivity contribution in [2.24, 2.45) is 0 Å². The van der Waals surface area contributed by atoms with Crippen molar-refractivity contribution in [2.45, 2.75) is 69.7 Å². The molecule has 6 heteroatoms. The molecular formula is C13H26O6. The molecule has 4 N–H and O–H groups in total. The Labute approximate surface area is 114 Å². The molecule has 5 atom stereocenters. The molecule has 0 aromatic heterocycles. The van der Waals surface area contributed by atoms with Crippen LogP contribution in [0.5, 0.6) is 0 Å². The molecule has 0 aromatic rings. The van der Waals surface area contributed by atoms with Crippen LogP contribution in [0.3, 0.4) is 0 Å². The first-order chi connectivity index (χ1) is 9.11. The molecule has 0 aliphatic carbocycles. The van der Waals surface area contributed by atoms with Gasteiger partial charge in [0.1, 0.15) is 24.4 Å². The third-order valence-corrected chi connectivity index (χ3v) is 3.38. The fraction of sp³-hybridized carbons (Fsp3) is 1.00. The summed E-state index contributed by atoms with van der Waals surface area (Å²) in [5.74, 6) is 0. The van der Waals surface area contributed by atoms with Gasteiger partial charge in [0.15, 0.2) is 6.29 Å². The van der Waals surface area contributed by atoms with Crippen LogP contribution in [-0.4, -0.2) is 64.3 Å². The summed E-state index contributed by atoms with van der Waals surface area (Å²) in [6.45, 7) is 2.14. The van der Waals surface area contributed by atoms with E-state index in [9.17, 15) is 15.3 Å². The molecule has 0 amide bonds. The minimum absolute atomic E-state index is 0.423. The van der Waals surface area contributed by atoms with Crippen molar-refractivity contribution in [3.05, 3.63) is 0 Å². The summed E-state index contributed by atoms with van der Waals surface area (Å²) in [5, 5.41) is 37.9. The molecule has 1 aliphatic heterocycles. The van der Waals surface area contributed by atoms with Gasteiger partial charge in [-0.15, -0.1) is 0 Å². The predicted molar refractivity (Wildman–Crippen MR) is 68.5 cm³/mol. The van der Waals surface area contributed by atoms with Crippen molar-refractivity contribution in [2.75, 3.05) is 13.2 Å². The summed E-state index contributed by atoms with van der Waals surface area (Å²) in [7, 11) is 0. The van der Waals surface area contributed by atoms with E-state index in [1.807, 2.05) is 0 Å². The highest BCUT2D eigenvalue weighted by Gasteiger charge is 2.43. The summed E-state index contributed by atoms with van der Waals surface area (Å²) in [4.78, 5) is 0. The monoisotopic (exact) mass is 278 g/mol. The molecule has 0 radical (unpaired) electrons. The first-order valence-corrected chi connectivity index (χ1v) is 7.04. The summed E-state index contributed by atoms with van der Waals surface area (Å²) in [6, 6.07) is 0. The highest BCUT2D eigenvalue weighted by molar-refractivity contribution is 4.88. The van der Waals surface area contributed by atoms with E-state index in [4.69, 9.17) is 14.6 Å². The van der Waals surface area contributed by atoms with Crippen LogP contribution in [0.1, 0.15) is 39.0 Å². The van der Waals surface area contributed by atoms with E-state index in [1.165, 1.54) is 12.8 Å². The Morgan fingerprint density at radius 3 is 2.26 bits per heavy atom. The topological polar surface area (TPSA) is 99.4 Å². The second-order valence-corrected chi connectivity index (χ2v) is 4.98. The maximum atomic E-state index is 9.72. The third-order valence-electron chi connectivity index (χ3n) is 3.38. The molecule has 1 aliphatic rings. The molecule has 1 saturated heterocycles. The second kappa shape index (κ2) is 8.84. The molecule has 0 saturated carbocycles. The predicted octanol–water partition coefficient (Wildman–Crippen LogP) is -0.227. The number of unbranched alkanes of at least 4 members (excludes halogenated alkanes) is 4. The number of aliphatic hydroxyl groups excluding tert-OH is 4. The van der Waals surface area contributed by atoms with Crippen LogP contribution >= 0.6 is 0 Å². The maximum Gasteiger partial charge on any atom is 0.186 e. The summed E-state index contributed by atoms with van der Waals surface area (Å²) < 4.78 is 10.6. The largest absolute Gasteiger partial charge is 0.394 e. The molecule has 1 heterocycles.